The molecule has 2 amide bonds. The third-order valence-electron chi connectivity index (χ3n) is 10.2. The zero-order valence-electron chi connectivity index (χ0n) is 27.9. The highest BCUT2D eigenvalue weighted by Crippen LogP contribution is 2.54. The van der Waals surface area contributed by atoms with E-state index >= 15 is 0 Å². The Balaban J connectivity index is 1.59. The molecule has 0 radical (unpaired) electrons. The first-order chi connectivity index (χ1) is 24.7. The Bertz CT molecular complexity index is 1910. The molecule has 288 valence electrons. The lowest BCUT2D eigenvalue weighted by molar-refractivity contribution is -0.392. The number of carbonyl (C=O) groups excluding carboxylic acids is 2. The number of halogens is 9. The number of hydrogen-bond donors (Lipinski definition) is 1. The van der Waals surface area contributed by atoms with Crippen LogP contribution in [0.25, 0.3) is 0 Å². The first-order valence-electron chi connectivity index (χ1n) is 16.1. The lowest BCUT2D eigenvalue weighted by atomic mass is 9.77. The molecule has 1 N–H and O–H groups in total. The summed E-state index contributed by atoms with van der Waals surface area (Å²) in [5.41, 5.74) is -9.68. The minimum Gasteiger partial charge on any atom is -0.395 e. The quantitative estimate of drug-likeness (QED) is 0.206. The summed E-state index contributed by atoms with van der Waals surface area (Å²) in [6.07, 6.45) is -12.9. The number of aliphatic hydroxyl groups excluding tert-OH is 1. The van der Waals surface area contributed by atoms with E-state index in [0.29, 0.717) is 36.4 Å². The van der Waals surface area contributed by atoms with Crippen molar-refractivity contribution in [3.63, 3.8) is 0 Å². The second-order valence-corrected chi connectivity index (χ2v) is 15.4. The van der Waals surface area contributed by atoms with Crippen LogP contribution in [0, 0.1) is 22.9 Å². The summed E-state index contributed by atoms with van der Waals surface area (Å²) in [6.45, 7) is -1.83. The van der Waals surface area contributed by atoms with Crippen molar-refractivity contribution in [3.8, 4) is 0 Å². The molecule has 18 heteroatoms. The molecule has 2 aliphatic heterocycles. The second-order valence-electron chi connectivity index (χ2n) is 13.1. The third kappa shape index (κ3) is 6.88. The molecular weight excluding hydrogens is 747 g/mol. The monoisotopic (exact) mass is 780 g/mol. The fraction of sp³-hybridized carbons (Fsp3) is 0.429. The molecule has 2 aliphatic rings. The first-order valence-corrected chi connectivity index (χ1v) is 17.6. The van der Waals surface area contributed by atoms with Gasteiger partial charge in [-0.1, -0.05) is 30.3 Å². The lowest BCUT2D eigenvalue weighted by Crippen LogP contribution is -2.56. The Morgan fingerprint density at radius 2 is 1.32 bits per heavy atom. The van der Waals surface area contributed by atoms with Crippen LogP contribution in [0.3, 0.4) is 0 Å². The van der Waals surface area contributed by atoms with E-state index in [9.17, 15) is 62.6 Å². The van der Waals surface area contributed by atoms with Crippen molar-refractivity contribution in [3.05, 3.63) is 101 Å². The Labute approximate surface area is 298 Å². The summed E-state index contributed by atoms with van der Waals surface area (Å²) in [5, 5.41) is 10.4. The van der Waals surface area contributed by atoms with Crippen LogP contribution in [0.2, 0.25) is 0 Å². The minimum atomic E-state index is -6.26. The Hall–Kier alpha value is -4.16. The molecule has 5 rings (SSSR count). The number of ether oxygens (including phenoxy) is 1. The number of carbonyl (C=O) groups is 2. The van der Waals surface area contributed by atoms with Crippen molar-refractivity contribution < 1.29 is 67.4 Å². The van der Waals surface area contributed by atoms with Gasteiger partial charge >= 0.3 is 12.4 Å². The number of rotatable bonds is 9. The van der Waals surface area contributed by atoms with Gasteiger partial charge in [0, 0.05) is 44.2 Å². The maximum absolute atomic E-state index is 14.6. The molecule has 2 fully saturated rings. The van der Waals surface area contributed by atoms with Gasteiger partial charge in [-0.05, 0) is 61.2 Å². The number of hydrogen-bond acceptors (Lipinski definition) is 6. The molecule has 2 heterocycles. The average Bonchev–Trinajstić information content (AvgIpc) is 3.56. The average molecular weight is 781 g/mol. The topological polar surface area (TPSA) is 104 Å². The van der Waals surface area contributed by atoms with Crippen molar-refractivity contribution in [2.75, 3.05) is 32.8 Å². The number of amides is 2. The van der Waals surface area contributed by atoms with Crippen LogP contribution in [0.4, 0.5) is 39.5 Å². The van der Waals surface area contributed by atoms with Gasteiger partial charge in [-0.15, -0.1) is 0 Å². The van der Waals surface area contributed by atoms with E-state index in [0.717, 1.165) is 35.2 Å². The van der Waals surface area contributed by atoms with E-state index in [2.05, 4.69) is 4.74 Å². The van der Waals surface area contributed by atoms with Crippen molar-refractivity contribution in [1.29, 1.82) is 0 Å². The van der Waals surface area contributed by atoms with Crippen molar-refractivity contribution in [1.82, 2.24) is 9.80 Å². The van der Waals surface area contributed by atoms with Crippen LogP contribution in [0.15, 0.2) is 71.6 Å². The van der Waals surface area contributed by atoms with E-state index in [1.165, 1.54) is 11.8 Å². The molecule has 2 saturated heterocycles. The normalized spacial score (nSPS) is 19.8. The summed E-state index contributed by atoms with van der Waals surface area (Å²) in [4.78, 5) is 28.0. The molecule has 0 spiro atoms. The molecule has 8 nitrogen and oxygen atoms in total. The van der Waals surface area contributed by atoms with Crippen molar-refractivity contribution in [2.24, 2.45) is 5.41 Å². The summed E-state index contributed by atoms with van der Waals surface area (Å²) in [5.74, 6) is -4.65. The van der Waals surface area contributed by atoms with Gasteiger partial charge < -0.3 is 19.6 Å². The smallest absolute Gasteiger partial charge is 0.395 e. The number of aliphatic hydroxyl groups is 1. The molecule has 0 aliphatic carbocycles. The minimum absolute atomic E-state index is 0.0264. The standard InChI is InChI=1S/C35H33F9N2O6S/c1-22(48)45-16-13-31(21-47,14-17-45)30(49)46-18-15-32(20-46,53(50,51)26-11-9-25(36)10-12-26)23-5-7-24(8-6-23)33(34(39,40)41,35(42,43)44)52-19-27-28(37)3-2-4-29(27)38/h2-12,47H,13-21H2,1H3/t32-/m0/s1. The SMILES string of the molecule is CC(=O)N1CCC(CO)(C(=O)N2CC[C@](c3ccc(C(OCc4c(F)cccc4F)(C(F)(F)F)C(F)(F)F)cc3)(S(=O)(=O)c3ccc(F)cc3)C2)CC1. The van der Waals surface area contributed by atoms with Gasteiger partial charge in [-0.3, -0.25) is 9.59 Å². The van der Waals surface area contributed by atoms with Crippen molar-refractivity contribution in [2.45, 2.75) is 60.4 Å². The maximum Gasteiger partial charge on any atom is 0.430 e. The molecule has 0 unspecified atom stereocenters. The molecule has 0 bridgehead atoms. The summed E-state index contributed by atoms with van der Waals surface area (Å²) >= 11 is 0. The fourth-order valence-electron chi connectivity index (χ4n) is 7.02. The highest BCUT2D eigenvalue weighted by atomic mass is 32.2. The van der Waals surface area contributed by atoms with E-state index in [-0.39, 0.29) is 43.9 Å². The fourth-order valence-corrected chi connectivity index (χ4v) is 9.10. The molecular formula is C35H33F9N2O6S. The Morgan fingerprint density at radius 3 is 1.81 bits per heavy atom. The number of nitrogens with zero attached hydrogens (tertiary/aromatic N) is 2. The molecule has 0 saturated carbocycles. The van der Waals surface area contributed by atoms with E-state index < -0.39 is 104 Å². The van der Waals surface area contributed by atoms with E-state index in [1.54, 1.807) is 0 Å². The summed E-state index contributed by atoms with van der Waals surface area (Å²) in [6, 6.07) is 7.69. The molecule has 0 aromatic heterocycles. The number of sulfone groups is 1. The van der Waals surface area contributed by atoms with Gasteiger partial charge in [0.15, 0.2) is 9.84 Å². The Morgan fingerprint density at radius 1 is 0.792 bits per heavy atom. The van der Waals surface area contributed by atoms with Crippen molar-refractivity contribution >= 4 is 21.7 Å². The molecule has 53 heavy (non-hydrogen) atoms. The van der Waals surface area contributed by atoms with Crippen LogP contribution in [0.1, 0.15) is 42.9 Å². The lowest BCUT2D eigenvalue weighted by Gasteiger charge is -2.41. The van der Waals surface area contributed by atoms with Gasteiger partial charge in [0.2, 0.25) is 11.8 Å². The third-order valence-corrected chi connectivity index (χ3v) is 12.7. The van der Waals surface area contributed by atoms with Crippen LogP contribution >= 0.6 is 0 Å². The van der Waals surface area contributed by atoms with Crippen LogP contribution in [-0.2, 0) is 41.1 Å². The van der Waals surface area contributed by atoms with Crippen LogP contribution in [-0.4, -0.2) is 80.3 Å². The maximum atomic E-state index is 14.6. The predicted octanol–water partition coefficient (Wildman–Crippen LogP) is 6.16. The van der Waals surface area contributed by atoms with E-state index in [1.807, 2.05) is 0 Å². The van der Waals surface area contributed by atoms with Crippen LogP contribution in [0.5, 0.6) is 0 Å². The van der Waals surface area contributed by atoms with Gasteiger partial charge in [0.25, 0.3) is 5.60 Å². The second kappa shape index (κ2) is 14.2. The number of alkyl halides is 6. The molecule has 3 aromatic rings. The molecule has 3 aromatic carbocycles. The van der Waals surface area contributed by atoms with E-state index in [4.69, 9.17) is 0 Å². The van der Waals surface area contributed by atoms with Gasteiger partial charge in [-0.2, -0.15) is 26.3 Å². The van der Waals surface area contributed by atoms with Gasteiger partial charge in [0.1, 0.15) is 22.2 Å². The predicted molar refractivity (Wildman–Crippen MR) is 169 cm³/mol. The van der Waals surface area contributed by atoms with Crippen LogP contribution < -0.4 is 0 Å². The molecule has 1 atom stereocenters. The number of piperidine rings is 1. The zero-order valence-corrected chi connectivity index (χ0v) is 28.7. The highest BCUT2D eigenvalue weighted by molar-refractivity contribution is 7.92. The summed E-state index contributed by atoms with van der Waals surface area (Å²) < 4.78 is 161. The Kier molecular flexibility index (Phi) is 10.8. The largest absolute Gasteiger partial charge is 0.430 e. The summed E-state index contributed by atoms with van der Waals surface area (Å²) in [7, 11) is -4.71. The van der Waals surface area contributed by atoms with Gasteiger partial charge in [-0.25, -0.2) is 21.6 Å². The van der Waals surface area contributed by atoms with Gasteiger partial charge in [0.05, 0.1) is 23.5 Å². The zero-order chi connectivity index (χ0) is 39.2. The first kappa shape index (κ1) is 40.0. The highest BCUT2D eigenvalue weighted by Gasteiger charge is 2.73. The number of likely N-dealkylation sites (tertiary alicyclic amines) is 2. The number of benzene rings is 3.